The summed E-state index contributed by atoms with van der Waals surface area (Å²) in [5.74, 6) is -0.685. The van der Waals surface area contributed by atoms with Crippen LogP contribution in [0.4, 0.5) is 13.2 Å². The summed E-state index contributed by atoms with van der Waals surface area (Å²) >= 11 is 0. The number of carbonyl (C=O) groups excluding carboxylic acids is 2. The molecule has 0 heterocycles. The minimum atomic E-state index is -4.54. The van der Waals surface area contributed by atoms with Gasteiger partial charge in [0.25, 0.3) is 5.91 Å². The van der Waals surface area contributed by atoms with Crippen LogP contribution in [0.5, 0.6) is 5.75 Å². The summed E-state index contributed by atoms with van der Waals surface area (Å²) in [5.41, 5.74) is -0.691. The standard InChI is InChI=1S/C16H20F3NO3/c1-10(21)11-5-7-12(8-6-11)23-9-13(22)20-14(15(2,3)4)16(17,18)19/h5-8,14H,9H2,1-4H3,(H,20,22). The second kappa shape index (κ2) is 7.02. The van der Waals surface area contributed by atoms with E-state index in [2.05, 4.69) is 0 Å². The predicted octanol–water partition coefficient (Wildman–Crippen LogP) is 3.36. The van der Waals surface area contributed by atoms with Crippen molar-refractivity contribution < 1.29 is 27.5 Å². The molecule has 0 radical (unpaired) electrons. The summed E-state index contributed by atoms with van der Waals surface area (Å²) in [5, 5.41) is 1.95. The van der Waals surface area contributed by atoms with Crippen molar-refractivity contribution in [3.63, 3.8) is 0 Å². The third kappa shape index (κ3) is 5.92. The van der Waals surface area contributed by atoms with Crippen LogP contribution in [0.3, 0.4) is 0 Å². The highest BCUT2D eigenvalue weighted by atomic mass is 19.4. The monoisotopic (exact) mass is 331 g/mol. The molecule has 1 unspecified atom stereocenters. The molecule has 1 aromatic carbocycles. The van der Waals surface area contributed by atoms with Crippen LogP contribution in [0, 0.1) is 5.41 Å². The van der Waals surface area contributed by atoms with Crippen LogP contribution in [0.15, 0.2) is 24.3 Å². The van der Waals surface area contributed by atoms with Gasteiger partial charge < -0.3 is 10.1 Å². The Morgan fingerprint density at radius 2 is 1.65 bits per heavy atom. The smallest absolute Gasteiger partial charge is 0.409 e. The van der Waals surface area contributed by atoms with Crippen LogP contribution in [-0.4, -0.2) is 30.5 Å². The van der Waals surface area contributed by atoms with Gasteiger partial charge in [-0.2, -0.15) is 13.2 Å². The van der Waals surface area contributed by atoms with Gasteiger partial charge in [0.15, 0.2) is 12.4 Å². The van der Waals surface area contributed by atoms with Gasteiger partial charge in [-0.05, 0) is 36.6 Å². The van der Waals surface area contributed by atoms with Gasteiger partial charge >= 0.3 is 6.18 Å². The summed E-state index contributed by atoms with van der Waals surface area (Å²) in [4.78, 5) is 22.8. The molecule has 0 aliphatic carbocycles. The fourth-order valence-electron chi connectivity index (χ4n) is 1.93. The lowest BCUT2D eigenvalue weighted by molar-refractivity contribution is -0.181. The van der Waals surface area contributed by atoms with Gasteiger partial charge in [-0.3, -0.25) is 9.59 Å². The van der Waals surface area contributed by atoms with E-state index in [0.717, 1.165) is 0 Å². The third-order valence-corrected chi connectivity index (χ3v) is 3.13. The molecule has 1 atom stereocenters. The van der Waals surface area contributed by atoms with Gasteiger partial charge in [0, 0.05) is 5.56 Å². The van der Waals surface area contributed by atoms with Crippen LogP contribution < -0.4 is 10.1 Å². The quantitative estimate of drug-likeness (QED) is 0.842. The first-order chi connectivity index (χ1) is 10.4. The summed E-state index contributed by atoms with van der Waals surface area (Å²) in [6.45, 7) is 5.06. The average Bonchev–Trinajstić information content (AvgIpc) is 2.40. The van der Waals surface area contributed by atoms with E-state index >= 15 is 0 Å². The lowest BCUT2D eigenvalue weighted by Crippen LogP contribution is -2.54. The highest BCUT2D eigenvalue weighted by molar-refractivity contribution is 5.94. The maximum absolute atomic E-state index is 13.0. The number of hydrogen-bond acceptors (Lipinski definition) is 3. The number of nitrogens with one attached hydrogen (secondary N) is 1. The minimum Gasteiger partial charge on any atom is -0.484 e. The Morgan fingerprint density at radius 1 is 1.13 bits per heavy atom. The molecule has 0 aliphatic rings. The highest BCUT2D eigenvalue weighted by Gasteiger charge is 2.47. The Balaban J connectivity index is 2.64. The zero-order valence-electron chi connectivity index (χ0n) is 13.5. The van der Waals surface area contributed by atoms with Crippen molar-refractivity contribution in [3.8, 4) is 5.75 Å². The molecule has 1 amide bonds. The Bertz CT molecular complexity index is 545. The van der Waals surface area contributed by atoms with E-state index < -0.39 is 30.1 Å². The molecular formula is C16H20F3NO3. The number of hydrogen-bond donors (Lipinski definition) is 1. The number of rotatable bonds is 5. The Kier molecular flexibility index (Phi) is 5.80. The van der Waals surface area contributed by atoms with Gasteiger partial charge in [-0.25, -0.2) is 0 Å². The molecule has 0 fully saturated rings. The molecule has 0 saturated heterocycles. The fraction of sp³-hybridized carbons (Fsp3) is 0.500. The van der Waals surface area contributed by atoms with Crippen molar-refractivity contribution in [2.24, 2.45) is 5.41 Å². The second-order valence-corrected chi connectivity index (χ2v) is 6.28. The van der Waals surface area contributed by atoms with E-state index in [-0.39, 0.29) is 5.78 Å². The Morgan fingerprint density at radius 3 is 2.04 bits per heavy atom. The van der Waals surface area contributed by atoms with Gasteiger partial charge in [-0.15, -0.1) is 0 Å². The van der Waals surface area contributed by atoms with Crippen LogP contribution in [0.1, 0.15) is 38.1 Å². The van der Waals surface area contributed by atoms with Crippen LogP contribution in [-0.2, 0) is 4.79 Å². The molecular weight excluding hydrogens is 311 g/mol. The predicted molar refractivity (Wildman–Crippen MR) is 79.4 cm³/mol. The fourth-order valence-corrected chi connectivity index (χ4v) is 1.93. The zero-order chi connectivity index (χ0) is 17.8. The molecule has 1 aromatic rings. The summed E-state index contributed by atoms with van der Waals surface area (Å²) in [6, 6.07) is 4.03. The molecule has 0 aromatic heterocycles. The zero-order valence-corrected chi connectivity index (χ0v) is 13.5. The minimum absolute atomic E-state index is 0.118. The Labute approximate surface area is 133 Å². The van der Waals surface area contributed by atoms with Crippen molar-refractivity contribution in [2.75, 3.05) is 6.61 Å². The summed E-state index contributed by atoms with van der Waals surface area (Å²) in [6.07, 6.45) is -4.54. The SMILES string of the molecule is CC(=O)c1ccc(OCC(=O)NC(C(C)(C)C)C(F)(F)F)cc1. The molecule has 0 bridgehead atoms. The molecule has 7 heteroatoms. The van der Waals surface area contributed by atoms with E-state index in [0.29, 0.717) is 11.3 Å². The molecule has 0 spiro atoms. The number of carbonyl (C=O) groups is 2. The summed E-state index contributed by atoms with van der Waals surface area (Å²) < 4.78 is 44.1. The van der Waals surface area contributed by atoms with E-state index in [4.69, 9.17) is 4.74 Å². The molecule has 128 valence electrons. The van der Waals surface area contributed by atoms with Crippen LogP contribution in [0.25, 0.3) is 0 Å². The van der Waals surface area contributed by atoms with E-state index in [1.54, 1.807) is 0 Å². The Hall–Kier alpha value is -2.05. The number of ether oxygens (including phenoxy) is 1. The van der Waals surface area contributed by atoms with Crippen molar-refractivity contribution in [3.05, 3.63) is 29.8 Å². The molecule has 23 heavy (non-hydrogen) atoms. The van der Waals surface area contributed by atoms with Gasteiger partial charge in [-0.1, -0.05) is 20.8 Å². The molecule has 1 N–H and O–H groups in total. The van der Waals surface area contributed by atoms with E-state index in [1.807, 2.05) is 5.32 Å². The van der Waals surface area contributed by atoms with E-state index in [1.165, 1.54) is 52.0 Å². The third-order valence-electron chi connectivity index (χ3n) is 3.13. The first kappa shape index (κ1) is 19.0. The lowest BCUT2D eigenvalue weighted by atomic mass is 9.86. The number of halogens is 3. The molecule has 1 rings (SSSR count). The van der Waals surface area contributed by atoms with Gasteiger partial charge in [0.2, 0.25) is 0 Å². The van der Waals surface area contributed by atoms with Crippen molar-refractivity contribution in [1.82, 2.24) is 5.32 Å². The number of amides is 1. The normalized spacial score (nSPS) is 13.3. The molecule has 4 nitrogen and oxygen atoms in total. The van der Waals surface area contributed by atoms with Gasteiger partial charge in [0.1, 0.15) is 11.8 Å². The average molecular weight is 331 g/mol. The van der Waals surface area contributed by atoms with E-state index in [9.17, 15) is 22.8 Å². The second-order valence-electron chi connectivity index (χ2n) is 6.28. The summed E-state index contributed by atoms with van der Waals surface area (Å²) in [7, 11) is 0. The van der Waals surface area contributed by atoms with Crippen LogP contribution >= 0.6 is 0 Å². The first-order valence-corrected chi connectivity index (χ1v) is 7.01. The maximum atomic E-state index is 13.0. The van der Waals surface area contributed by atoms with Crippen molar-refractivity contribution in [2.45, 2.75) is 39.9 Å². The van der Waals surface area contributed by atoms with Crippen LogP contribution in [0.2, 0.25) is 0 Å². The topological polar surface area (TPSA) is 55.4 Å². The van der Waals surface area contributed by atoms with Crippen molar-refractivity contribution in [1.29, 1.82) is 0 Å². The first-order valence-electron chi connectivity index (χ1n) is 7.01. The van der Waals surface area contributed by atoms with Gasteiger partial charge in [0.05, 0.1) is 0 Å². The largest absolute Gasteiger partial charge is 0.484 e. The molecule has 0 aliphatic heterocycles. The number of ketones is 1. The highest BCUT2D eigenvalue weighted by Crippen LogP contribution is 2.33. The number of alkyl halides is 3. The lowest BCUT2D eigenvalue weighted by Gasteiger charge is -2.32. The molecule has 0 saturated carbocycles. The number of Topliss-reactive ketones (excluding diaryl/α,β-unsaturated/α-hetero) is 1. The number of benzene rings is 1. The maximum Gasteiger partial charge on any atom is 0.409 e. The van der Waals surface area contributed by atoms with Crippen molar-refractivity contribution >= 4 is 11.7 Å².